The van der Waals surface area contributed by atoms with Crippen molar-refractivity contribution in [3.05, 3.63) is 0 Å². The van der Waals surface area contributed by atoms with Gasteiger partial charge in [-0.2, -0.15) is 0 Å². The summed E-state index contributed by atoms with van der Waals surface area (Å²) < 4.78 is 4.43. The van der Waals surface area contributed by atoms with E-state index in [0.717, 1.165) is 0 Å². The molecule has 0 radical (unpaired) electrons. The van der Waals surface area contributed by atoms with Gasteiger partial charge in [0.05, 0.1) is 6.61 Å². The average molecular weight is 147 g/mol. The molecule has 10 heavy (non-hydrogen) atoms. The van der Waals surface area contributed by atoms with Crippen LogP contribution in [0.2, 0.25) is 0 Å². The average Bonchev–Trinajstić information content (AvgIpc) is 1.85. The van der Waals surface area contributed by atoms with Gasteiger partial charge < -0.3 is 15.2 Å². The molecule has 5 nitrogen and oxygen atoms in total. The number of hydrogen-bond donors (Lipinski definition) is 2. The lowest BCUT2D eigenvalue weighted by atomic mass is 10.6. The van der Waals surface area contributed by atoms with Crippen LogP contribution in [0.3, 0.4) is 0 Å². The highest BCUT2D eigenvalue weighted by atomic mass is 16.5. The number of amides is 1. The second-order valence-corrected chi connectivity index (χ2v) is 1.46. The van der Waals surface area contributed by atoms with Crippen molar-refractivity contribution in [2.24, 2.45) is 0 Å². The summed E-state index contributed by atoms with van der Waals surface area (Å²) in [6.45, 7) is 1.63. The molecule has 0 aromatic heterocycles. The van der Waals surface area contributed by atoms with Crippen LogP contribution in [0.15, 0.2) is 0 Å². The van der Waals surface area contributed by atoms with Gasteiger partial charge in [-0.05, 0) is 6.92 Å². The third kappa shape index (κ3) is 4.89. The van der Waals surface area contributed by atoms with Crippen LogP contribution >= 0.6 is 0 Å². The summed E-state index contributed by atoms with van der Waals surface area (Å²) in [7, 11) is 0. The van der Waals surface area contributed by atoms with Gasteiger partial charge in [0.2, 0.25) is 0 Å². The Morgan fingerprint density at radius 3 is 2.60 bits per heavy atom. The van der Waals surface area contributed by atoms with Crippen molar-refractivity contribution in [3.63, 3.8) is 0 Å². The summed E-state index contributed by atoms with van der Waals surface area (Å²) >= 11 is 0. The normalized spacial score (nSPS) is 8.50. The van der Waals surface area contributed by atoms with Crippen molar-refractivity contribution in [2.45, 2.75) is 6.92 Å². The van der Waals surface area contributed by atoms with Crippen LogP contribution < -0.4 is 5.32 Å². The Balaban J connectivity index is 3.30. The highest BCUT2D eigenvalue weighted by Gasteiger charge is 2.01. The monoisotopic (exact) mass is 147 g/mol. The molecule has 0 spiro atoms. The van der Waals surface area contributed by atoms with E-state index in [1.165, 1.54) is 0 Å². The van der Waals surface area contributed by atoms with Crippen molar-refractivity contribution in [3.8, 4) is 0 Å². The highest BCUT2D eigenvalue weighted by Crippen LogP contribution is 1.74. The van der Waals surface area contributed by atoms with Gasteiger partial charge in [0.15, 0.2) is 0 Å². The first-order valence-corrected chi connectivity index (χ1v) is 2.79. The summed E-state index contributed by atoms with van der Waals surface area (Å²) in [5.41, 5.74) is 0. The van der Waals surface area contributed by atoms with E-state index in [-0.39, 0.29) is 13.2 Å². The first-order chi connectivity index (χ1) is 4.66. The Bertz CT molecular complexity index is 134. The van der Waals surface area contributed by atoms with Crippen LogP contribution in [0.5, 0.6) is 0 Å². The van der Waals surface area contributed by atoms with Gasteiger partial charge >= 0.3 is 12.1 Å². The number of carboxylic acid groups (broad SMARTS) is 1. The van der Waals surface area contributed by atoms with Crippen LogP contribution in [0.4, 0.5) is 4.79 Å². The third-order valence-electron chi connectivity index (χ3n) is 0.689. The van der Waals surface area contributed by atoms with E-state index in [9.17, 15) is 9.59 Å². The Labute approximate surface area is 58.0 Å². The smallest absolute Gasteiger partial charge is 0.405 e. The molecule has 0 bridgehead atoms. The Morgan fingerprint density at radius 1 is 1.60 bits per heavy atom. The van der Waals surface area contributed by atoms with Crippen molar-refractivity contribution in [1.29, 1.82) is 0 Å². The van der Waals surface area contributed by atoms with Crippen LogP contribution in [0.1, 0.15) is 6.92 Å². The number of carbonyl (C=O) groups excluding carboxylic acids is 1. The van der Waals surface area contributed by atoms with E-state index < -0.39 is 12.1 Å². The molecule has 0 heterocycles. The van der Waals surface area contributed by atoms with Crippen LogP contribution in [-0.2, 0) is 9.53 Å². The van der Waals surface area contributed by atoms with Crippen LogP contribution in [-0.4, -0.2) is 30.3 Å². The van der Waals surface area contributed by atoms with Gasteiger partial charge in [0.1, 0.15) is 6.54 Å². The predicted molar refractivity (Wildman–Crippen MR) is 32.7 cm³/mol. The minimum atomic E-state index is -1.23. The molecule has 1 amide bonds. The van der Waals surface area contributed by atoms with Gasteiger partial charge in [0.25, 0.3) is 0 Å². The summed E-state index contributed by atoms with van der Waals surface area (Å²) in [5, 5.41) is 9.88. The number of esters is 1. The molecule has 0 saturated heterocycles. The predicted octanol–water partition coefficient (Wildman–Crippen LogP) is -0.183. The zero-order valence-corrected chi connectivity index (χ0v) is 5.59. The SMILES string of the molecule is CCOC(=O)CNC(=O)O. The molecule has 5 heteroatoms. The van der Waals surface area contributed by atoms with Crippen LogP contribution in [0.25, 0.3) is 0 Å². The minimum absolute atomic E-state index is 0.264. The number of hydrogen-bond acceptors (Lipinski definition) is 3. The maximum Gasteiger partial charge on any atom is 0.405 e. The molecule has 0 fully saturated rings. The zero-order chi connectivity index (χ0) is 7.98. The number of ether oxygens (including phenoxy) is 1. The topological polar surface area (TPSA) is 75.6 Å². The zero-order valence-electron chi connectivity index (χ0n) is 5.59. The van der Waals surface area contributed by atoms with Gasteiger partial charge in [-0.3, -0.25) is 4.79 Å². The van der Waals surface area contributed by atoms with Crippen molar-refractivity contribution < 1.29 is 19.4 Å². The molecular weight excluding hydrogens is 138 g/mol. The molecule has 0 rings (SSSR count). The molecule has 0 aromatic carbocycles. The molecule has 0 saturated carbocycles. The second kappa shape index (κ2) is 4.60. The van der Waals surface area contributed by atoms with Crippen molar-refractivity contribution in [1.82, 2.24) is 5.32 Å². The van der Waals surface area contributed by atoms with E-state index >= 15 is 0 Å². The van der Waals surface area contributed by atoms with E-state index in [1.54, 1.807) is 6.92 Å². The van der Waals surface area contributed by atoms with Gasteiger partial charge in [-0.1, -0.05) is 0 Å². The lowest BCUT2D eigenvalue weighted by Gasteiger charge is -1.99. The fourth-order valence-corrected chi connectivity index (χ4v) is 0.360. The Hall–Kier alpha value is -1.26. The van der Waals surface area contributed by atoms with E-state index in [2.05, 4.69) is 4.74 Å². The van der Waals surface area contributed by atoms with E-state index in [4.69, 9.17) is 5.11 Å². The largest absolute Gasteiger partial charge is 0.465 e. The fourth-order valence-electron chi connectivity index (χ4n) is 0.360. The highest BCUT2D eigenvalue weighted by molar-refractivity contribution is 5.76. The summed E-state index contributed by atoms with van der Waals surface area (Å²) in [5.74, 6) is -0.565. The number of rotatable bonds is 3. The number of carbonyl (C=O) groups is 2. The standard InChI is InChI=1S/C5H9NO4/c1-2-10-4(7)3-6-5(8)9/h6H,2-3H2,1H3,(H,8,9). The quantitative estimate of drug-likeness (QED) is 0.543. The Kier molecular flexibility index (Phi) is 4.02. The maximum absolute atomic E-state index is 10.4. The summed E-state index contributed by atoms with van der Waals surface area (Å²) in [6.07, 6.45) is -1.23. The van der Waals surface area contributed by atoms with Gasteiger partial charge in [0, 0.05) is 0 Å². The van der Waals surface area contributed by atoms with Crippen molar-refractivity contribution in [2.75, 3.05) is 13.2 Å². The molecule has 0 atom stereocenters. The van der Waals surface area contributed by atoms with E-state index in [1.807, 2.05) is 5.32 Å². The Morgan fingerprint density at radius 2 is 2.20 bits per heavy atom. The molecule has 0 aliphatic carbocycles. The number of nitrogens with one attached hydrogen (secondary N) is 1. The second-order valence-electron chi connectivity index (χ2n) is 1.46. The molecular formula is C5H9NO4. The molecule has 2 N–H and O–H groups in total. The molecule has 0 aliphatic rings. The first-order valence-electron chi connectivity index (χ1n) is 2.79. The molecule has 58 valence electrons. The third-order valence-corrected chi connectivity index (χ3v) is 0.689. The summed E-state index contributed by atoms with van der Waals surface area (Å²) in [6, 6.07) is 0. The van der Waals surface area contributed by atoms with Gasteiger partial charge in [-0.15, -0.1) is 0 Å². The molecule has 0 aliphatic heterocycles. The summed E-state index contributed by atoms with van der Waals surface area (Å²) in [4.78, 5) is 20.2. The van der Waals surface area contributed by atoms with Crippen molar-refractivity contribution >= 4 is 12.1 Å². The molecule has 0 aromatic rings. The lowest BCUT2D eigenvalue weighted by Crippen LogP contribution is -2.28. The van der Waals surface area contributed by atoms with Crippen LogP contribution in [0, 0.1) is 0 Å². The fraction of sp³-hybridized carbons (Fsp3) is 0.600. The van der Waals surface area contributed by atoms with Gasteiger partial charge in [-0.25, -0.2) is 4.79 Å². The maximum atomic E-state index is 10.4. The first kappa shape index (κ1) is 8.74. The van der Waals surface area contributed by atoms with E-state index in [0.29, 0.717) is 0 Å². The minimum Gasteiger partial charge on any atom is -0.465 e. The molecule has 0 unspecified atom stereocenters. The lowest BCUT2D eigenvalue weighted by molar-refractivity contribution is -0.141.